The van der Waals surface area contributed by atoms with Crippen molar-refractivity contribution in [3.63, 3.8) is 0 Å². The normalized spacial score (nSPS) is 12.2. The van der Waals surface area contributed by atoms with Gasteiger partial charge in [0.25, 0.3) is 0 Å². The third-order valence-electron chi connectivity index (χ3n) is 3.90. The highest BCUT2D eigenvalue weighted by Gasteiger charge is 2.14. The van der Waals surface area contributed by atoms with Gasteiger partial charge in [0.1, 0.15) is 0 Å². The van der Waals surface area contributed by atoms with Crippen molar-refractivity contribution in [1.29, 1.82) is 0 Å². The molecule has 0 bridgehead atoms. The lowest BCUT2D eigenvalue weighted by Gasteiger charge is -2.12. The minimum Gasteiger partial charge on any atom is -0.353 e. The first-order valence-corrected chi connectivity index (χ1v) is 9.12. The standard InChI is InChI=1S/C19H21N3OS/c1-3-14(2)20-18(23)13-24-19-21-16-11-7-8-12-17(16)22(19)15-9-5-4-6-10-15/h4-12,14H,3,13H2,1-2H3,(H,20,23). The van der Waals surface area contributed by atoms with Gasteiger partial charge in [0.2, 0.25) is 5.91 Å². The molecule has 5 heteroatoms. The molecule has 24 heavy (non-hydrogen) atoms. The van der Waals surface area contributed by atoms with Crippen molar-refractivity contribution in [3.8, 4) is 5.69 Å². The molecule has 1 aromatic heterocycles. The van der Waals surface area contributed by atoms with E-state index in [0.717, 1.165) is 28.3 Å². The molecule has 3 rings (SSSR count). The number of nitrogens with zero attached hydrogens (tertiary/aromatic N) is 2. The van der Waals surface area contributed by atoms with Crippen LogP contribution in [0.5, 0.6) is 0 Å². The molecule has 1 unspecified atom stereocenters. The molecule has 0 radical (unpaired) electrons. The number of carbonyl (C=O) groups is 1. The van der Waals surface area contributed by atoms with Gasteiger partial charge < -0.3 is 5.32 Å². The van der Waals surface area contributed by atoms with Gasteiger partial charge in [0.15, 0.2) is 5.16 Å². The predicted octanol–water partition coefficient (Wildman–Crippen LogP) is 4.03. The summed E-state index contributed by atoms with van der Waals surface area (Å²) in [6.45, 7) is 4.08. The van der Waals surface area contributed by atoms with Gasteiger partial charge in [-0.05, 0) is 37.6 Å². The van der Waals surface area contributed by atoms with Crippen LogP contribution in [-0.2, 0) is 4.79 Å². The Morgan fingerprint density at radius 1 is 1.17 bits per heavy atom. The topological polar surface area (TPSA) is 46.9 Å². The molecular weight excluding hydrogens is 318 g/mol. The number of imidazole rings is 1. The monoisotopic (exact) mass is 339 g/mol. The molecule has 1 heterocycles. The van der Waals surface area contributed by atoms with Crippen molar-refractivity contribution in [3.05, 3.63) is 54.6 Å². The number of aromatic nitrogens is 2. The molecule has 4 nitrogen and oxygen atoms in total. The minimum absolute atomic E-state index is 0.0426. The van der Waals surface area contributed by atoms with E-state index in [9.17, 15) is 4.79 Å². The number of fused-ring (bicyclic) bond motifs is 1. The van der Waals surface area contributed by atoms with E-state index in [1.807, 2.05) is 43.3 Å². The van der Waals surface area contributed by atoms with E-state index < -0.39 is 0 Å². The zero-order chi connectivity index (χ0) is 16.9. The molecule has 3 aromatic rings. The van der Waals surface area contributed by atoms with E-state index in [2.05, 4.69) is 35.0 Å². The fraction of sp³-hybridized carbons (Fsp3) is 0.263. The smallest absolute Gasteiger partial charge is 0.230 e. The minimum atomic E-state index is 0.0426. The Hall–Kier alpha value is -2.27. The van der Waals surface area contributed by atoms with Crippen LogP contribution in [0.3, 0.4) is 0 Å². The Labute approximate surface area is 146 Å². The van der Waals surface area contributed by atoms with Gasteiger partial charge in [-0.2, -0.15) is 0 Å². The van der Waals surface area contributed by atoms with Crippen LogP contribution in [0.4, 0.5) is 0 Å². The number of rotatable bonds is 6. The summed E-state index contributed by atoms with van der Waals surface area (Å²) in [5.41, 5.74) is 3.04. The lowest BCUT2D eigenvalue weighted by atomic mass is 10.3. The Kier molecular flexibility index (Phi) is 5.20. The molecule has 124 valence electrons. The fourth-order valence-corrected chi connectivity index (χ4v) is 3.32. The van der Waals surface area contributed by atoms with Crippen molar-refractivity contribution in [1.82, 2.24) is 14.9 Å². The second-order valence-electron chi connectivity index (χ2n) is 5.72. The number of thioether (sulfide) groups is 1. The fourth-order valence-electron chi connectivity index (χ4n) is 2.48. The molecule has 0 saturated heterocycles. The second-order valence-corrected chi connectivity index (χ2v) is 6.66. The van der Waals surface area contributed by atoms with E-state index >= 15 is 0 Å². The lowest BCUT2D eigenvalue weighted by Crippen LogP contribution is -2.33. The molecule has 2 aromatic carbocycles. The first-order chi connectivity index (χ1) is 11.7. The maximum atomic E-state index is 12.1. The summed E-state index contributed by atoms with van der Waals surface area (Å²) < 4.78 is 2.11. The molecule has 1 amide bonds. The van der Waals surface area contributed by atoms with Crippen molar-refractivity contribution in [2.24, 2.45) is 0 Å². The quantitative estimate of drug-likeness (QED) is 0.690. The molecule has 0 aliphatic carbocycles. The summed E-state index contributed by atoms with van der Waals surface area (Å²) >= 11 is 1.47. The summed E-state index contributed by atoms with van der Waals surface area (Å²) in [6.07, 6.45) is 0.929. The predicted molar refractivity (Wildman–Crippen MR) is 99.7 cm³/mol. The van der Waals surface area contributed by atoms with E-state index in [-0.39, 0.29) is 11.9 Å². The Balaban J connectivity index is 1.89. The molecule has 1 atom stereocenters. The van der Waals surface area contributed by atoms with Crippen LogP contribution in [0.15, 0.2) is 59.8 Å². The number of nitrogens with one attached hydrogen (secondary N) is 1. The summed E-state index contributed by atoms with van der Waals surface area (Å²) in [4.78, 5) is 16.8. The highest BCUT2D eigenvalue weighted by Crippen LogP contribution is 2.27. The Bertz CT molecular complexity index is 829. The van der Waals surface area contributed by atoms with Gasteiger partial charge >= 0.3 is 0 Å². The highest BCUT2D eigenvalue weighted by atomic mass is 32.2. The number of carbonyl (C=O) groups excluding carboxylic acids is 1. The van der Waals surface area contributed by atoms with E-state index in [0.29, 0.717) is 5.75 Å². The highest BCUT2D eigenvalue weighted by molar-refractivity contribution is 7.99. The van der Waals surface area contributed by atoms with Crippen LogP contribution in [0.2, 0.25) is 0 Å². The Morgan fingerprint density at radius 2 is 1.88 bits per heavy atom. The van der Waals surface area contributed by atoms with E-state index in [1.165, 1.54) is 11.8 Å². The Morgan fingerprint density at radius 3 is 2.62 bits per heavy atom. The average Bonchev–Trinajstić information content (AvgIpc) is 2.99. The van der Waals surface area contributed by atoms with Gasteiger partial charge in [-0.3, -0.25) is 9.36 Å². The van der Waals surface area contributed by atoms with Crippen molar-refractivity contribution in [2.75, 3.05) is 5.75 Å². The molecule has 0 fully saturated rings. The van der Waals surface area contributed by atoms with Crippen molar-refractivity contribution in [2.45, 2.75) is 31.5 Å². The van der Waals surface area contributed by atoms with Crippen LogP contribution in [-0.4, -0.2) is 27.3 Å². The number of amides is 1. The first kappa shape index (κ1) is 16.6. The zero-order valence-corrected chi connectivity index (χ0v) is 14.7. The third kappa shape index (κ3) is 3.62. The average molecular weight is 339 g/mol. The molecular formula is C19H21N3OS. The van der Waals surface area contributed by atoms with Crippen LogP contribution in [0.1, 0.15) is 20.3 Å². The molecule has 1 N–H and O–H groups in total. The maximum Gasteiger partial charge on any atom is 0.230 e. The van der Waals surface area contributed by atoms with Gasteiger partial charge in [0.05, 0.1) is 16.8 Å². The molecule has 0 aliphatic heterocycles. The van der Waals surface area contributed by atoms with Gasteiger partial charge in [0, 0.05) is 11.7 Å². The molecule has 0 aliphatic rings. The maximum absolute atomic E-state index is 12.1. The van der Waals surface area contributed by atoms with Gasteiger partial charge in [-0.15, -0.1) is 0 Å². The number of benzene rings is 2. The van der Waals surface area contributed by atoms with Crippen LogP contribution in [0.25, 0.3) is 16.7 Å². The van der Waals surface area contributed by atoms with Crippen LogP contribution in [0, 0.1) is 0 Å². The SMILES string of the molecule is CCC(C)NC(=O)CSc1nc2ccccc2n1-c1ccccc1. The molecule has 0 saturated carbocycles. The number of hydrogen-bond acceptors (Lipinski definition) is 3. The second kappa shape index (κ2) is 7.53. The summed E-state index contributed by atoms with van der Waals surface area (Å²) in [5, 5.41) is 3.83. The van der Waals surface area contributed by atoms with Crippen LogP contribution < -0.4 is 5.32 Å². The largest absolute Gasteiger partial charge is 0.353 e. The lowest BCUT2D eigenvalue weighted by molar-refractivity contribution is -0.119. The van der Waals surface area contributed by atoms with Crippen LogP contribution >= 0.6 is 11.8 Å². The van der Waals surface area contributed by atoms with Gasteiger partial charge in [-0.1, -0.05) is 49.0 Å². The van der Waals surface area contributed by atoms with E-state index in [1.54, 1.807) is 0 Å². The summed E-state index contributed by atoms with van der Waals surface area (Å²) in [7, 11) is 0. The number of para-hydroxylation sites is 3. The number of hydrogen-bond donors (Lipinski definition) is 1. The van der Waals surface area contributed by atoms with Crippen molar-refractivity contribution < 1.29 is 4.79 Å². The van der Waals surface area contributed by atoms with Crippen molar-refractivity contribution >= 4 is 28.7 Å². The summed E-state index contributed by atoms with van der Waals surface area (Å²) in [5.74, 6) is 0.404. The zero-order valence-electron chi connectivity index (χ0n) is 13.9. The van der Waals surface area contributed by atoms with Gasteiger partial charge in [-0.25, -0.2) is 4.98 Å². The summed E-state index contributed by atoms with van der Waals surface area (Å²) in [6, 6.07) is 18.4. The molecule has 0 spiro atoms. The van der Waals surface area contributed by atoms with E-state index in [4.69, 9.17) is 4.98 Å². The first-order valence-electron chi connectivity index (χ1n) is 8.14. The third-order valence-corrected chi connectivity index (χ3v) is 4.84.